The number of benzene rings is 3. The third kappa shape index (κ3) is 6.87. The Kier molecular flexibility index (Phi) is 9.52. The summed E-state index contributed by atoms with van der Waals surface area (Å²) >= 11 is 14.1. The van der Waals surface area contributed by atoms with Crippen LogP contribution in [0.2, 0.25) is 10.0 Å². The highest BCUT2D eigenvalue weighted by molar-refractivity contribution is 14.1. The SMILES string of the molecule is CCOc1cc(/C=C(\C#N)C(=O)Nc2ccc(Cl)c([N+](=O)[O-])c2)cc(I)c1OCc1ccccc1Cl. The van der Waals surface area contributed by atoms with E-state index in [1.807, 2.05) is 31.2 Å². The van der Waals surface area contributed by atoms with E-state index in [-0.39, 0.29) is 28.6 Å². The van der Waals surface area contributed by atoms with Gasteiger partial charge in [0.15, 0.2) is 11.5 Å². The largest absolute Gasteiger partial charge is 0.490 e. The van der Waals surface area contributed by atoms with Crippen LogP contribution < -0.4 is 14.8 Å². The fourth-order valence-corrected chi connectivity index (χ4v) is 4.24. The number of nitriles is 1. The highest BCUT2D eigenvalue weighted by atomic mass is 127. The Morgan fingerprint density at radius 2 is 1.92 bits per heavy atom. The molecule has 0 heterocycles. The van der Waals surface area contributed by atoms with E-state index in [9.17, 15) is 20.2 Å². The summed E-state index contributed by atoms with van der Waals surface area (Å²) in [5.41, 5.74) is 0.898. The zero-order valence-electron chi connectivity index (χ0n) is 18.8. The summed E-state index contributed by atoms with van der Waals surface area (Å²) in [5, 5.41) is 23.7. The Hall–Kier alpha value is -3.33. The van der Waals surface area contributed by atoms with E-state index in [1.165, 1.54) is 18.2 Å². The van der Waals surface area contributed by atoms with Crippen LogP contribution in [0.15, 0.2) is 60.2 Å². The van der Waals surface area contributed by atoms with Crippen LogP contribution in [0.1, 0.15) is 18.1 Å². The third-order valence-corrected chi connectivity index (χ3v) is 6.23. The molecule has 11 heteroatoms. The van der Waals surface area contributed by atoms with Crippen molar-refractivity contribution in [2.24, 2.45) is 0 Å². The molecule has 0 aromatic heterocycles. The summed E-state index contributed by atoms with van der Waals surface area (Å²) in [6.45, 7) is 2.42. The molecule has 184 valence electrons. The molecule has 0 saturated heterocycles. The Morgan fingerprint density at radius 1 is 1.17 bits per heavy atom. The van der Waals surface area contributed by atoms with Gasteiger partial charge in [-0.3, -0.25) is 14.9 Å². The fraction of sp³-hybridized carbons (Fsp3) is 0.120. The van der Waals surface area contributed by atoms with Gasteiger partial charge < -0.3 is 14.8 Å². The van der Waals surface area contributed by atoms with Crippen LogP contribution in [0.3, 0.4) is 0 Å². The van der Waals surface area contributed by atoms with Gasteiger partial charge in [0.1, 0.15) is 23.3 Å². The van der Waals surface area contributed by atoms with Gasteiger partial charge in [-0.1, -0.05) is 41.4 Å². The Morgan fingerprint density at radius 3 is 2.58 bits per heavy atom. The molecular weight excluding hydrogens is 620 g/mol. The van der Waals surface area contributed by atoms with Gasteiger partial charge in [0.05, 0.1) is 15.1 Å². The molecule has 0 saturated carbocycles. The molecule has 0 fully saturated rings. The summed E-state index contributed by atoms with van der Waals surface area (Å²) in [7, 11) is 0. The molecule has 1 N–H and O–H groups in total. The lowest BCUT2D eigenvalue weighted by atomic mass is 10.1. The second-order valence-corrected chi connectivity index (χ2v) is 9.17. The predicted molar refractivity (Wildman–Crippen MR) is 146 cm³/mol. The molecule has 3 rings (SSSR count). The van der Waals surface area contributed by atoms with E-state index in [0.717, 1.165) is 11.6 Å². The first-order valence-electron chi connectivity index (χ1n) is 10.4. The predicted octanol–water partition coefficient (Wildman–Crippen LogP) is 7.03. The highest BCUT2D eigenvalue weighted by Gasteiger charge is 2.17. The number of anilines is 1. The van der Waals surface area contributed by atoms with E-state index < -0.39 is 10.8 Å². The molecule has 3 aromatic rings. The van der Waals surface area contributed by atoms with Crippen LogP contribution in [0.25, 0.3) is 6.08 Å². The molecule has 0 radical (unpaired) electrons. The van der Waals surface area contributed by atoms with Crippen molar-refractivity contribution >= 4 is 69.2 Å². The Labute approximate surface area is 230 Å². The number of hydrogen-bond donors (Lipinski definition) is 1. The maximum Gasteiger partial charge on any atom is 0.289 e. The number of nitrogens with one attached hydrogen (secondary N) is 1. The molecule has 0 aliphatic carbocycles. The maximum absolute atomic E-state index is 12.7. The van der Waals surface area contributed by atoms with E-state index in [0.29, 0.717) is 32.3 Å². The van der Waals surface area contributed by atoms with Crippen LogP contribution >= 0.6 is 45.8 Å². The van der Waals surface area contributed by atoms with Crippen LogP contribution in [-0.2, 0) is 11.4 Å². The summed E-state index contributed by atoms with van der Waals surface area (Å²) in [6.07, 6.45) is 1.39. The number of hydrogen-bond acceptors (Lipinski definition) is 6. The monoisotopic (exact) mass is 637 g/mol. The molecule has 0 aliphatic rings. The number of nitro groups is 1. The number of nitro benzene ring substituents is 1. The summed E-state index contributed by atoms with van der Waals surface area (Å²) in [5.74, 6) is 0.209. The van der Waals surface area contributed by atoms with Crippen molar-refractivity contribution in [1.82, 2.24) is 0 Å². The number of carbonyl (C=O) groups is 1. The third-order valence-electron chi connectivity index (χ3n) is 4.74. The second kappa shape index (κ2) is 12.6. The van der Waals surface area contributed by atoms with Gasteiger partial charge in [0, 0.05) is 22.3 Å². The number of halogens is 3. The van der Waals surface area contributed by atoms with Crippen LogP contribution in [-0.4, -0.2) is 17.4 Å². The van der Waals surface area contributed by atoms with Gasteiger partial charge in [-0.15, -0.1) is 0 Å². The number of carbonyl (C=O) groups excluding carboxylic acids is 1. The van der Waals surface area contributed by atoms with Crippen molar-refractivity contribution in [3.8, 4) is 17.6 Å². The van der Waals surface area contributed by atoms with Gasteiger partial charge in [-0.2, -0.15) is 5.26 Å². The fourth-order valence-electron chi connectivity index (χ4n) is 3.08. The molecule has 0 aliphatic heterocycles. The molecule has 0 unspecified atom stereocenters. The minimum Gasteiger partial charge on any atom is -0.490 e. The minimum atomic E-state index is -0.735. The highest BCUT2D eigenvalue weighted by Crippen LogP contribution is 2.36. The zero-order valence-corrected chi connectivity index (χ0v) is 22.4. The van der Waals surface area contributed by atoms with Gasteiger partial charge in [-0.25, -0.2) is 0 Å². The van der Waals surface area contributed by atoms with Gasteiger partial charge >= 0.3 is 0 Å². The average molecular weight is 638 g/mol. The first-order chi connectivity index (χ1) is 17.2. The topological polar surface area (TPSA) is 114 Å². The number of ether oxygens (including phenoxy) is 2. The number of rotatable bonds is 9. The van der Waals surface area contributed by atoms with Crippen LogP contribution in [0.4, 0.5) is 11.4 Å². The van der Waals surface area contributed by atoms with E-state index in [2.05, 4.69) is 27.9 Å². The lowest BCUT2D eigenvalue weighted by molar-refractivity contribution is -0.384. The minimum absolute atomic E-state index is 0.0658. The molecule has 1 amide bonds. The average Bonchev–Trinajstić information content (AvgIpc) is 2.84. The Bertz CT molecular complexity index is 1390. The van der Waals surface area contributed by atoms with Crippen molar-refractivity contribution in [2.75, 3.05) is 11.9 Å². The lowest BCUT2D eigenvalue weighted by Crippen LogP contribution is -2.13. The maximum atomic E-state index is 12.7. The molecule has 0 spiro atoms. The molecule has 0 bridgehead atoms. The number of amides is 1. The first kappa shape index (κ1) is 27.3. The molecule has 36 heavy (non-hydrogen) atoms. The normalized spacial score (nSPS) is 10.9. The van der Waals surface area contributed by atoms with Crippen molar-refractivity contribution in [2.45, 2.75) is 13.5 Å². The summed E-state index contributed by atoms with van der Waals surface area (Å²) < 4.78 is 12.4. The lowest BCUT2D eigenvalue weighted by Gasteiger charge is -2.15. The standard InChI is InChI=1S/C25H18Cl2IN3O5/c1-2-35-23-11-15(10-21(28)24(23)36-14-16-5-3-4-6-19(16)26)9-17(13-29)25(32)30-18-7-8-20(27)22(12-18)31(33)34/h3-12H,2,14H2,1H3,(H,30,32)/b17-9+. The van der Waals surface area contributed by atoms with Gasteiger partial charge in [0.2, 0.25) is 0 Å². The summed E-state index contributed by atoms with van der Waals surface area (Å²) in [4.78, 5) is 23.1. The molecule has 3 aromatic carbocycles. The van der Waals surface area contributed by atoms with Crippen molar-refractivity contribution in [3.05, 3.63) is 95.0 Å². The van der Waals surface area contributed by atoms with Crippen molar-refractivity contribution in [3.63, 3.8) is 0 Å². The van der Waals surface area contributed by atoms with Gasteiger partial charge in [-0.05, 0) is 71.5 Å². The van der Waals surface area contributed by atoms with Crippen molar-refractivity contribution in [1.29, 1.82) is 5.26 Å². The van der Waals surface area contributed by atoms with E-state index in [4.69, 9.17) is 32.7 Å². The molecular formula is C25H18Cl2IN3O5. The molecule has 0 atom stereocenters. The summed E-state index contributed by atoms with van der Waals surface area (Å²) in [6, 6.07) is 16.4. The molecule has 8 nitrogen and oxygen atoms in total. The Balaban J connectivity index is 1.86. The number of nitrogens with zero attached hydrogens (tertiary/aromatic N) is 2. The van der Waals surface area contributed by atoms with E-state index in [1.54, 1.807) is 18.2 Å². The van der Waals surface area contributed by atoms with Crippen LogP contribution in [0.5, 0.6) is 11.5 Å². The van der Waals surface area contributed by atoms with Crippen LogP contribution in [0, 0.1) is 25.0 Å². The quantitative estimate of drug-likeness (QED) is 0.0886. The van der Waals surface area contributed by atoms with Gasteiger partial charge in [0.25, 0.3) is 11.6 Å². The second-order valence-electron chi connectivity index (χ2n) is 7.19. The van der Waals surface area contributed by atoms with Crippen molar-refractivity contribution < 1.29 is 19.2 Å². The zero-order chi connectivity index (χ0) is 26.2. The van der Waals surface area contributed by atoms with E-state index >= 15 is 0 Å². The smallest absolute Gasteiger partial charge is 0.289 e. The first-order valence-corrected chi connectivity index (χ1v) is 12.3.